The number of carbonyl (C=O) groups is 1. The van der Waals surface area contributed by atoms with Crippen LogP contribution in [0.4, 0.5) is 5.82 Å². The van der Waals surface area contributed by atoms with Crippen molar-refractivity contribution in [1.29, 1.82) is 0 Å². The topological polar surface area (TPSA) is 84.2 Å². The van der Waals surface area contributed by atoms with Crippen LogP contribution in [0, 0.1) is 5.92 Å². The lowest BCUT2D eigenvalue weighted by molar-refractivity contribution is -0.125. The van der Waals surface area contributed by atoms with Crippen LogP contribution in [-0.4, -0.2) is 40.2 Å². The number of rotatable bonds is 5. The molecule has 2 aliphatic rings. The van der Waals surface area contributed by atoms with Crippen LogP contribution in [0.15, 0.2) is 22.9 Å². The fourth-order valence-electron chi connectivity index (χ4n) is 3.78. The predicted molar refractivity (Wildman–Crippen MR) is 102 cm³/mol. The predicted octanol–water partition coefficient (Wildman–Crippen LogP) is 3.14. The van der Waals surface area contributed by atoms with Crippen molar-refractivity contribution < 1.29 is 9.32 Å². The number of hydrogen-bond donors (Lipinski definition) is 1. The van der Waals surface area contributed by atoms with Crippen LogP contribution in [0.25, 0.3) is 11.4 Å². The summed E-state index contributed by atoms with van der Waals surface area (Å²) in [5.41, 5.74) is 0.872. The number of amides is 1. The Hall–Kier alpha value is -2.44. The standard InChI is InChI=1S/C20H27N5O2/c1-13(2)22-19(26)15-8-5-11-25(12-15)18-16(9-4-10-21-18)17-23-20(27-24-17)14-6-3-7-14/h4,9-10,13-15H,3,5-8,11-12H2,1-2H3,(H,22,26). The van der Waals surface area contributed by atoms with E-state index < -0.39 is 0 Å². The van der Waals surface area contributed by atoms with E-state index in [1.54, 1.807) is 6.20 Å². The molecule has 3 heterocycles. The Bertz CT molecular complexity index is 799. The third kappa shape index (κ3) is 3.82. The van der Waals surface area contributed by atoms with Crippen LogP contribution in [0.5, 0.6) is 0 Å². The highest BCUT2D eigenvalue weighted by molar-refractivity contribution is 5.80. The molecule has 1 saturated heterocycles. The summed E-state index contributed by atoms with van der Waals surface area (Å²) in [6.07, 6.45) is 7.13. The van der Waals surface area contributed by atoms with Crippen LogP contribution < -0.4 is 10.2 Å². The van der Waals surface area contributed by atoms with Crippen LogP contribution in [0.2, 0.25) is 0 Å². The molecule has 1 amide bonds. The zero-order valence-electron chi connectivity index (χ0n) is 16.0. The average molecular weight is 369 g/mol. The van der Waals surface area contributed by atoms with Crippen LogP contribution in [0.3, 0.4) is 0 Å². The maximum atomic E-state index is 12.5. The molecule has 0 radical (unpaired) electrons. The molecule has 7 nitrogen and oxygen atoms in total. The van der Waals surface area contributed by atoms with Gasteiger partial charge in [0, 0.05) is 31.2 Å². The molecule has 1 aliphatic heterocycles. The molecule has 7 heteroatoms. The highest BCUT2D eigenvalue weighted by Crippen LogP contribution is 2.37. The molecule has 1 N–H and O–H groups in total. The fraction of sp³-hybridized carbons (Fsp3) is 0.600. The SMILES string of the molecule is CC(C)NC(=O)C1CCCN(c2ncccc2-c2noc(C3CCC3)n2)C1. The third-order valence-electron chi connectivity index (χ3n) is 5.45. The summed E-state index contributed by atoms with van der Waals surface area (Å²) in [6.45, 7) is 5.52. The Balaban J connectivity index is 1.55. The molecule has 1 atom stereocenters. The monoisotopic (exact) mass is 369 g/mol. The second-order valence-corrected chi connectivity index (χ2v) is 7.91. The Morgan fingerprint density at radius 2 is 2.15 bits per heavy atom. The van der Waals surface area contributed by atoms with Gasteiger partial charge in [0.05, 0.1) is 11.5 Å². The molecule has 27 heavy (non-hydrogen) atoms. The van der Waals surface area contributed by atoms with Crippen molar-refractivity contribution in [1.82, 2.24) is 20.4 Å². The van der Waals surface area contributed by atoms with E-state index in [0.717, 1.165) is 49.5 Å². The molecule has 1 saturated carbocycles. The largest absolute Gasteiger partial charge is 0.355 e. The minimum absolute atomic E-state index is 0.0215. The first-order valence-corrected chi connectivity index (χ1v) is 9.96. The van der Waals surface area contributed by atoms with Crippen LogP contribution in [-0.2, 0) is 4.79 Å². The van der Waals surface area contributed by atoms with E-state index in [9.17, 15) is 4.79 Å². The number of hydrogen-bond acceptors (Lipinski definition) is 6. The second-order valence-electron chi connectivity index (χ2n) is 7.91. The normalized spacial score (nSPS) is 20.6. The molecule has 144 valence electrons. The maximum Gasteiger partial charge on any atom is 0.230 e. The summed E-state index contributed by atoms with van der Waals surface area (Å²) in [5.74, 6) is 2.67. The van der Waals surface area contributed by atoms with Gasteiger partial charge in [0.2, 0.25) is 17.6 Å². The molecule has 1 aliphatic carbocycles. The van der Waals surface area contributed by atoms with E-state index in [1.807, 2.05) is 26.0 Å². The third-order valence-corrected chi connectivity index (χ3v) is 5.45. The molecule has 0 aromatic carbocycles. The van der Waals surface area contributed by atoms with Crippen molar-refractivity contribution in [3.05, 3.63) is 24.2 Å². The van der Waals surface area contributed by atoms with Crippen molar-refractivity contribution in [3.8, 4) is 11.4 Å². The van der Waals surface area contributed by atoms with E-state index in [0.29, 0.717) is 18.3 Å². The quantitative estimate of drug-likeness (QED) is 0.872. The van der Waals surface area contributed by atoms with Crippen molar-refractivity contribution in [2.24, 2.45) is 5.92 Å². The summed E-state index contributed by atoms with van der Waals surface area (Å²) in [7, 11) is 0. The molecule has 1 unspecified atom stereocenters. The summed E-state index contributed by atoms with van der Waals surface area (Å²) < 4.78 is 5.50. The Morgan fingerprint density at radius 3 is 2.89 bits per heavy atom. The van der Waals surface area contributed by atoms with E-state index in [-0.39, 0.29) is 17.9 Å². The Morgan fingerprint density at radius 1 is 1.30 bits per heavy atom. The first kappa shape index (κ1) is 17.9. The number of pyridine rings is 1. The minimum atomic E-state index is -0.0215. The van der Waals surface area contributed by atoms with Crippen molar-refractivity contribution in [2.45, 2.75) is 57.9 Å². The number of nitrogens with zero attached hydrogens (tertiary/aromatic N) is 4. The van der Waals surface area contributed by atoms with E-state index in [4.69, 9.17) is 4.52 Å². The second kappa shape index (κ2) is 7.66. The van der Waals surface area contributed by atoms with Crippen molar-refractivity contribution in [3.63, 3.8) is 0 Å². The van der Waals surface area contributed by atoms with Crippen molar-refractivity contribution in [2.75, 3.05) is 18.0 Å². The van der Waals surface area contributed by atoms with E-state index >= 15 is 0 Å². The lowest BCUT2D eigenvalue weighted by Crippen LogP contribution is -2.45. The average Bonchev–Trinajstić information content (AvgIpc) is 3.09. The van der Waals surface area contributed by atoms with Gasteiger partial charge >= 0.3 is 0 Å². The van der Waals surface area contributed by atoms with E-state index in [2.05, 4.69) is 25.3 Å². The van der Waals surface area contributed by atoms with Crippen LogP contribution >= 0.6 is 0 Å². The van der Waals surface area contributed by atoms with E-state index in [1.165, 1.54) is 6.42 Å². The first-order valence-electron chi connectivity index (χ1n) is 9.96. The molecule has 2 fully saturated rings. The number of carbonyl (C=O) groups excluding carboxylic acids is 1. The van der Waals surface area contributed by atoms with Gasteiger partial charge in [-0.3, -0.25) is 4.79 Å². The van der Waals surface area contributed by atoms with Gasteiger partial charge in [0.15, 0.2) is 0 Å². The van der Waals surface area contributed by atoms with Gasteiger partial charge in [-0.05, 0) is 51.7 Å². The van der Waals surface area contributed by atoms with Gasteiger partial charge in [0.1, 0.15) is 5.82 Å². The van der Waals surface area contributed by atoms with Gasteiger partial charge in [-0.2, -0.15) is 4.98 Å². The maximum absolute atomic E-state index is 12.5. The highest BCUT2D eigenvalue weighted by Gasteiger charge is 2.30. The van der Waals surface area contributed by atoms with Gasteiger partial charge in [-0.15, -0.1) is 0 Å². The first-order chi connectivity index (χ1) is 13.1. The molecular formula is C20H27N5O2. The van der Waals surface area contributed by atoms with Gasteiger partial charge in [0.25, 0.3) is 0 Å². The van der Waals surface area contributed by atoms with Gasteiger partial charge in [-0.1, -0.05) is 11.6 Å². The van der Waals surface area contributed by atoms with Gasteiger partial charge in [-0.25, -0.2) is 4.98 Å². The summed E-state index contributed by atoms with van der Waals surface area (Å²) in [6, 6.07) is 4.03. The Labute approximate surface area is 159 Å². The number of nitrogens with one attached hydrogen (secondary N) is 1. The molecule has 2 aromatic rings. The zero-order chi connectivity index (χ0) is 18.8. The van der Waals surface area contributed by atoms with Crippen LogP contribution in [0.1, 0.15) is 57.8 Å². The molecule has 4 rings (SSSR count). The summed E-state index contributed by atoms with van der Waals surface area (Å²) >= 11 is 0. The smallest absolute Gasteiger partial charge is 0.230 e. The van der Waals surface area contributed by atoms with Crippen molar-refractivity contribution >= 4 is 11.7 Å². The molecule has 2 aromatic heterocycles. The number of anilines is 1. The molecule has 0 spiro atoms. The molecule has 0 bridgehead atoms. The summed E-state index contributed by atoms with van der Waals surface area (Å²) in [4.78, 5) is 23.9. The number of aromatic nitrogens is 3. The minimum Gasteiger partial charge on any atom is -0.355 e. The number of piperidine rings is 1. The highest BCUT2D eigenvalue weighted by atomic mass is 16.5. The summed E-state index contributed by atoms with van der Waals surface area (Å²) in [5, 5.41) is 7.24. The Kier molecular flexibility index (Phi) is 5.09. The lowest BCUT2D eigenvalue weighted by atomic mass is 9.85. The molecular weight excluding hydrogens is 342 g/mol. The zero-order valence-corrected chi connectivity index (χ0v) is 16.0. The fourth-order valence-corrected chi connectivity index (χ4v) is 3.78. The van der Waals surface area contributed by atoms with Gasteiger partial charge < -0.3 is 14.7 Å². The lowest BCUT2D eigenvalue weighted by Gasteiger charge is -2.34.